The van der Waals surface area contributed by atoms with Crippen molar-refractivity contribution in [3.63, 3.8) is 0 Å². The van der Waals surface area contributed by atoms with Crippen LogP contribution >= 0.6 is 11.8 Å². The molecule has 0 amide bonds. The summed E-state index contributed by atoms with van der Waals surface area (Å²) in [5.41, 5.74) is 3.93. The predicted molar refractivity (Wildman–Crippen MR) is 70.4 cm³/mol. The molecule has 1 heterocycles. The fraction of sp³-hybridized carbons (Fsp3) is 0.385. The minimum absolute atomic E-state index is 1.22. The Kier molecular flexibility index (Phi) is 3.37. The molecule has 1 aliphatic rings. The van der Waals surface area contributed by atoms with Crippen molar-refractivity contribution < 1.29 is 0 Å². The van der Waals surface area contributed by atoms with Crippen molar-refractivity contribution in [2.75, 3.05) is 18.1 Å². The highest BCUT2D eigenvalue weighted by atomic mass is 32.2. The lowest BCUT2D eigenvalue weighted by atomic mass is 10.1. The Morgan fingerprint density at radius 3 is 2.87 bits per heavy atom. The van der Waals surface area contributed by atoms with Gasteiger partial charge in [0.15, 0.2) is 0 Å². The van der Waals surface area contributed by atoms with E-state index in [0.29, 0.717) is 0 Å². The number of aryl methyl sites for hydroxylation is 1. The van der Waals surface area contributed by atoms with Gasteiger partial charge in [-0.05, 0) is 37.7 Å². The van der Waals surface area contributed by atoms with Crippen LogP contribution in [0.5, 0.6) is 0 Å². The van der Waals surface area contributed by atoms with E-state index in [9.17, 15) is 0 Å². The number of hydrogen-bond acceptors (Lipinski definition) is 2. The lowest BCUT2D eigenvalue weighted by Crippen LogP contribution is -1.97. The van der Waals surface area contributed by atoms with Crippen LogP contribution in [0.1, 0.15) is 24.0 Å². The monoisotopic (exact) mass is 219 g/mol. The van der Waals surface area contributed by atoms with E-state index in [2.05, 4.69) is 36.5 Å². The second kappa shape index (κ2) is 4.75. The summed E-state index contributed by atoms with van der Waals surface area (Å²) in [6.07, 6.45) is 4.90. The number of hydrogen-bond donors (Lipinski definition) is 1. The third-order valence-corrected chi connectivity index (χ3v) is 3.84. The second-order valence-corrected chi connectivity index (χ2v) is 4.99. The maximum Gasteiger partial charge on any atom is 0.0422 e. The van der Waals surface area contributed by atoms with Gasteiger partial charge in [0.05, 0.1) is 0 Å². The van der Waals surface area contributed by atoms with Gasteiger partial charge in [0.2, 0.25) is 0 Å². The van der Waals surface area contributed by atoms with Crippen molar-refractivity contribution in [2.24, 2.45) is 0 Å². The van der Waals surface area contributed by atoms with Crippen LogP contribution in [0.15, 0.2) is 24.3 Å². The molecule has 2 heteroatoms. The summed E-state index contributed by atoms with van der Waals surface area (Å²) in [7, 11) is 1.99. The molecule has 0 saturated heterocycles. The number of allylic oxidation sites excluding steroid dienone is 1. The van der Waals surface area contributed by atoms with Gasteiger partial charge in [0, 0.05) is 23.2 Å². The molecule has 0 atom stereocenters. The molecule has 0 fully saturated rings. The number of thioether (sulfide) groups is 1. The molecule has 80 valence electrons. The second-order valence-electron chi connectivity index (χ2n) is 3.86. The smallest absolute Gasteiger partial charge is 0.0422 e. The van der Waals surface area contributed by atoms with Crippen LogP contribution in [0.4, 0.5) is 5.69 Å². The average molecular weight is 219 g/mol. The summed E-state index contributed by atoms with van der Waals surface area (Å²) in [4.78, 5) is 1.44. The summed E-state index contributed by atoms with van der Waals surface area (Å²) in [6, 6.07) is 6.60. The first-order chi connectivity index (χ1) is 7.31. The Bertz CT molecular complexity index is 382. The van der Waals surface area contributed by atoms with E-state index < -0.39 is 0 Å². The van der Waals surface area contributed by atoms with Crippen molar-refractivity contribution in [3.05, 3.63) is 35.4 Å². The molecule has 1 aromatic carbocycles. The van der Waals surface area contributed by atoms with Crippen LogP contribution in [0.3, 0.4) is 0 Å². The Hall–Kier alpha value is -0.890. The number of rotatable bonds is 2. The highest BCUT2D eigenvalue weighted by Crippen LogP contribution is 2.36. The third kappa shape index (κ3) is 2.37. The minimum atomic E-state index is 1.22. The highest BCUT2D eigenvalue weighted by Gasteiger charge is 2.10. The molecule has 15 heavy (non-hydrogen) atoms. The van der Waals surface area contributed by atoms with Crippen LogP contribution in [0.25, 0.3) is 4.91 Å². The number of anilines is 1. The van der Waals surface area contributed by atoms with E-state index in [1.54, 1.807) is 0 Å². The van der Waals surface area contributed by atoms with Gasteiger partial charge in [-0.2, -0.15) is 0 Å². The Morgan fingerprint density at radius 1 is 1.33 bits per heavy atom. The van der Waals surface area contributed by atoms with Crippen LogP contribution < -0.4 is 5.32 Å². The van der Waals surface area contributed by atoms with Crippen molar-refractivity contribution in [3.8, 4) is 0 Å². The van der Waals surface area contributed by atoms with Gasteiger partial charge >= 0.3 is 0 Å². The molecule has 1 nitrogen and oxygen atoms in total. The fourth-order valence-electron chi connectivity index (χ4n) is 1.83. The topological polar surface area (TPSA) is 12.0 Å². The molecular weight excluding hydrogens is 202 g/mol. The van der Waals surface area contributed by atoms with Gasteiger partial charge in [-0.1, -0.05) is 17.7 Å². The molecule has 0 aromatic heterocycles. The summed E-state index contributed by atoms with van der Waals surface area (Å²) >= 11 is 1.98. The zero-order valence-electron chi connectivity index (χ0n) is 9.34. The molecule has 0 radical (unpaired) electrons. The first kappa shape index (κ1) is 10.6. The van der Waals surface area contributed by atoms with Gasteiger partial charge in [0.1, 0.15) is 0 Å². The van der Waals surface area contributed by atoms with E-state index in [1.807, 2.05) is 18.8 Å². The van der Waals surface area contributed by atoms with Gasteiger partial charge in [-0.15, -0.1) is 11.8 Å². The Morgan fingerprint density at radius 2 is 2.20 bits per heavy atom. The van der Waals surface area contributed by atoms with E-state index >= 15 is 0 Å². The lowest BCUT2D eigenvalue weighted by molar-refractivity contribution is 0.969. The summed E-state index contributed by atoms with van der Waals surface area (Å²) in [6.45, 7) is 2.15. The molecule has 0 bridgehead atoms. The first-order valence-electron chi connectivity index (χ1n) is 5.43. The average Bonchev–Trinajstić information content (AvgIpc) is 2.30. The summed E-state index contributed by atoms with van der Waals surface area (Å²) < 4.78 is 0. The quantitative estimate of drug-likeness (QED) is 0.809. The molecular formula is C13H17NS. The molecule has 1 aromatic rings. The first-order valence-corrected chi connectivity index (χ1v) is 6.41. The van der Waals surface area contributed by atoms with Crippen molar-refractivity contribution in [1.29, 1.82) is 0 Å². The Balaban J connectivity index is 2.40. The standard InChI is InChI=1S/C13H17NS/c1-10-6-7-12(14-2)11(9-10)13-5-3-4-8-15-13/h5-7,9,14H,3-4,8H2,1-2H3. The van der Waals surface area contributed by atoms with E-state index in [-0.39, 0.29) is 0 Å². The minimum Gasteiger partial charge on any atom is -0.388 e. The molecule has 0 aliphatic carbocycles. The number of nitrogens with one attached hydrogen (secondary N) is 1. The van der Waals surface area contributed by atoms with Crippen LogP contribution in [0, 0.1) is 6.92 Å². The van der Waals surface area contributed by atoms with Gasteiger partial charge in [-0.25, -0.2) is 0 Å². The zero-order valence-corrected chi connectivity index (χ0v) is 10.2. The zero-order chi connectivity index (χ0) is 10.7. The van der Waals surface area contributed by atoms with Gasteiger partial charge < -0.3 is 5.32 Å². The van der Waals surface area contributed by atoms with Crippen LogP contribution in [0.2, 0.25) is 0 Å². The van der Waals surface area contributed by atoms with E-state index in [1.165, 1.54) is 40.3 Å². The van der Waals surface area contributed by atoms with E-state index in [0.717, 1.165) is 0 Å². The highest BCUT2D eigenvalue weighted by molar-refractivity contribution is 8.08. The van der Waals surface area contributed by atoms with Crippen molar-refractivity contribution in [2.45, 2.75) is 19.8 Å². The largest absolute Gasteiger partial charge is 0.388 e. The lowest BCUT2D eigenvalue weighted by Gasteiger charge is -2.16. The summed E-state index contributed by atoms with van der Waals surface area (Å²) in [5.74, 6) is 1.25. The van der Waals surface area contributed by atoms with Crippen molar-refractivity contribution >= 4 is 22.4 Å². The van der Waals surface area contributed by atoms with Crippen LogP contribution in [-0.4, -0.2) is 12.8 Å². The third-order valence-electron chi connectivity index (χ3n) is 2.65. The molecule has 0 spiro atoms. The van der Waals surface area contributed by atoms with E-state index in [4.69, 9.17) is 0 Å². The van der Waals surface area contributed by atoms with Gasteiger partial charge in [0.25, 0.3) is 0 Å². The maximum absolute atomic E-state index is 3.27. The normalized spacial score (nSPS) is 16.0. The molecule has 1 aliphatic heterocycles. The molecule has 0 unspecified atom stereocenters. The fourth-order valence-corrected chi connectivity index (χ4v) is 2.92. The SMILES string of the molecule is CNc1ccc(C)cc1C1=CCCCS1. The summed E-state index contributed by atoms with van der Waals surface area (Å²) in [5, 5.41) is 3.27. The Labute approximate surface area is 96.0 Å². The predicted octanol–water partition coefficient (Wildman–Crippen LogP) is 3.90. The maximum atomic E-state index is 3.27. The van der Waals surface area contributed by atoms with Crippen LogP contribution in [-0.2, 0) is 0 Å². The number of benzene rings is 1. The van der Waals surface area contributed by atoms with Crippen molar-refractivity contribution in [1.82, 2.24) is 0 Å². The van der Waals surface area contributed by atoms with Gasteiger partial charge in [-0.3, -0.25) is 0 Å². The molecule has 1 N–H and O–H groups in total. The molecule has 2 rings (SSSR count). The molecule has 0 saturated carbocycles.